The first-order valence-corrected chi connectivity index (χ1v) is 6.22. The molecule has 1 atom stereocenters. The SMILES string of the molecule is C[C](C)CN1CC(C(O)c2cc(F)cc(F)c2F)C1. The molecule has 0 amide bonds. The molecule has 1 aliphatic rings. The molecule has 19 heavy (non-hydrogen) atoms. The highest BCUT2D eigenvalue weighted by Gasteiger charge is 2.35. The van der Waals surface area contributed by atoms with Gasteiger partial charge in [-0.3, -0.25) is 0 Å². The molecule has 1 radical (unpaired) electrons. The van der Waals surface area contributed by atoms with E-state index in [1.165, 1.54) is 5.92 Å². The Labute approximate surface area is 110 Å². The summed E-state index contributed by atoms with van der Waals surface area (Å²) in [6.07, 6.45) is -1.17. The third-order valence-electron chi connectivity index (χ3n) is 3.31. The van der Waals surface area contributed by atoms with Crippen LogP contribution in [0.15, 0.2) is 12.1 Å². The number of nitrogens with zero attached hydrogens (tertiary/aromatic N) is 1. The van der Waals surface area contributed by atoms with Crippen LogP contribution in [0, 0.1) is 29.3 Å². The Kier molecular flexibility index (Phi) is 4.16. The van der Waals surface area contributed by atoms with Crippen molar-refractivity contribution in [1.82, 2.24) is 4.90 Å². The smallest absolute Gasteiger partial charge is 0.164 e. The van der Waals surface area contributed by atoms with Crippen molar-refractivity contribution < 1.29 is 18.3 Å². The lowest BCUT2D eigenvalue weighted by Crippen LogP contribution is -2.50. The zero-order chi connectivity index (χ0) is 14.2. The molecule has 1 heterocycles. The number of hydrogen-bond donors (Lipinski definition) is 1. The second kappa shape index (κ2) is 5.51. The van der Waals surface area contributed by atoms with Gasteiger partial charge in [0.1, 0.15) is 5.82 Å². The molecule has 1 aliphatic heterocycles. The monoisotopic (exact) mass is 272 g/mol. The summed E-state index contributed by atoms with van der Waals surface area (Å²) in [5.41, 5.74) is -0.292. The van der Waals surface area contributed by atoms with Crippen molar-refractivity contribution in [1.29, 1.82) is 0 Å². The Hall–Kier alpha value is -1.07. The number of rotatable bonds is 4. The summed E-state index contributed by atoms with van der Waals surface area (Å²) in [4.78, 5) is 2.09. The van der Waals surface area contributed by atoms with Crippen molar-refractivity contribution in [2.24, 2.45) is 5.92 Å². The second-order valence-corrected chi connectivity index (χ2v) is 5.40. The highest BCUT2D eigenvalue weighted by atomic mass is 19.2. The molecule has 2 rings (SSSR count). The standard InChI is InChI=1S/C14H17F3NO/c1-8(2)5-18-6-9(7-18)14(19)11-3-10(15)4-12(16)13(11)17/h3-4,9,14,19H,5-7H2,1-2H3. The fourth-order valence-electron chi connectivity index (χ4n) is 2.43. The molecular formula is C14H17F3NO. The van der Waals surface area contributed by atoms with E-state index in [9.17, 15) is 18.3 Å². The lowest BCUT2D eigenvalue weighted by Gasteiger charge is -2.42. The molecule has 2 nitrogen and oxygen atoms in total. The van der Waals surface area contributed by atoms with E-state index in [0.29, 0.717) is 19.2 Å². The van der Waals surface area contributed by atoms with Crippen LogP contribution in [0.4, 0.5) is 13.2 Å². The van der Waals surface area contributed by atoms with Gasteiger partial charge in [0, 0.05) is 37.2 Å². The van der Waals surface area contributed by atoms with Crippen molar-refractivity contribution in [2.75, 3.05) is 19.6 Å². The Bertz CT molecular complexity index is 458. The molecule has 0 aromatic heterocycles. The predicted octanol–water partition coefficient (Wildman–Crippen LogP) is 2.68. The number of halogens is 3. The highest BCUT2D eigenvalue weighted by molar-refractivity contribution is 5.23. The summed E-state index contributed by atoms with van der Waals surface area (Å²) >= 11 is 0. The molecule has 1 fully saturated rings. The normalized spacial score (nSPS) is 18.7. The van der Waals surface area contributed by atoms with Gasteiger partial charge in [0.05, 0.1) is 6.10 Å². The second-order valence-electron chi connectivity index (χ2n) is 5.40. The van der Waals surface area contributed by atoms with E-state index in [-0.39, 0.29) is 11.5 Å². The minimum absolute atomic E-state index is 0.185. The molecule has 0 bridgehead atoms. The fraction of sp³-hybridized carbons (Fsp3) is 0.500. The summed E-state index contributed by atoms with van der Waals surface area (Å²) in [7, 11) is 0. The Morgan fingerprint density at radius 1 is 1.32 bits per heavy atom. The van der Waals surface area contributed by atoms with Crippen LogP contribution < -0.4 is 0 Å². The number of benzene rings is 1. The lowest BCUT2D eigenvalue weighted by atomic mass is 9.88. The maximum atomic E-state index is 13.5. The summed E-state index contributed by atoms with van der Waals surface area (Å²) in [6.45, 7) is 6.04. The van der Waals surface area contributed by atoms with Crippen LogP contribution in [-0.4, -0.2) is 29.6 Å². The highest BCUT2D eigenvalue weighted by Crippen LogP contribution is 2.32. The van der Waals surface area contributed by atoms with E-state index in [1.54, 1.807) is 0 Å². The van der Waals surface area contributed by atoms with Crippen LogP contribution in [0.3, 0.4) is 0 Å². The number of hydrogen-bond acceptors (Lipinski definition) is 2. The van der Waals surface area contributed by atoms with E-state index in [1.807, 2.05) is 13.8 Å². The molecule has 1 aromatic carbocycles. The van der Waals surface area contributed by atoms with Gasteiger partial charge in [0.2, 0.25) is 0 Å². The fourth-order valence-corrected chi connectivity index (χ4v) is 2.43. The van der Waals surface area contributed by atoms with Gasteiger partial charge in [-0.2, -0.15) is 0 Å². The molecule has 0 saturated carbocycles. The molecular weight excluding hydrogens is 255 g/mol. The van der Waals surface area contributed by atoms with E-state index in [0.717, 1.165) is 12.6 Å². The molecule has 1 unspecified atom stereocenters. The summed E-state index contributed by atoms with van der Waals surface area (Å²) in [6, 6.07) is 1.34. The van der Waals surface area contributed by atoms with E-state index in [4.69, 9.17) is 0 Å². The van der Waals surface area contributed by atoms with Crippen LogP contribution >= 0.6 is 0 Å². The molecule has 1 N–H and O–H groups in total. The van der Waals surface area contributed by atoms with Gasteiger partial charge >= 0.3 is 0 Å². The topological polar surface area (TPSA) is 23.5 Å². The minimum Gasteiger partial charge on any atom is -0.388 e. The zero-order valence-corrected chi connectivity index (χ0v) is 11.0. The first-order chi connectivity index (χ1) is 8.88. The average molecular weight is 272 g/mol. The van der Waals surface area contributed by atoms with Crippen LogP contribution in [0.2, 0.25) is 0 Å². The first kappa shape index (κ1) is 14.3. The van der Waals surface area contributed by atoms with Crippen LogP contribution in [-0.2, 0) is 0 Å². The summed E-state index contributed by atoms with van der Waals surface area (Å²) in [5.74, 6) is -2.23. The van der Waals surface area contributed by atoms with Crippen molar-refractivity contribution in [2.45, 2.75) is 20.0 Å². The van der Waals surface area contributed by atoms with Crippen molar-refractivity contribution in [3.05, 3.63) is 41.1 Å². The van der Waals surface area contributed by atoms with Gasteiger partial charge in [0.25, 0.3) is 0 Å². The van der Waals surface area contributed by atoms with E-state index in [2.05, 4.69) is 4.90 Å². The number of likely N-dealkylation sites (tertiary alicyclic amines) is 1. The number of aliphatic hydroxyl groups is 1. The van der Waals surface area contributed by atoms with Crippen molar-refractivity contribution in [3.8, 4) is 0 Å². The zero-order valence-electron chi connectivity index (χ0n) is 11.0. The van der Waals surface area contributed by atoms with Gasteiger partial charge in [-0.05, 0) is 12.0 Å². The average Bonchev–Trinajstić information content (AvgIpc) is 2.26. The minimum atomic E-state index is -1.26. The molecule has 0 spiro atoms. The maximum absolute atomic E-state index is 13.5. The Morgan fingerprint density at radius 3 is 2.53 bits per heavy atom. The largest absolute Gasteiger partial charge is 0.388 e. The summed E-state index contributed by atoms with van der Waals surface area (Å²) < 4.78 is 39.7. The quantitative estimate of drug-likeness (QED) is 0.852. The first-order valence-electron chi connectivity index (χ1n) is 6.22. The lowest BCUT2D eigenvalue weighted by molar-refractivity contribution is -0.00461. The maximum Gasteiger partial charge on any atom is 0.164 e. The van der Waals surface area contributed by atoms with Gasteiger partial charge in [-0.1, -0.05) is 13.8 Å². The number of aliphatic hydroxyl groups excluding tert-OH is 1. The van der Waals surface area contributed by atoms with Crippen LogP contribution in [0.25, 0.3) is 0 Å². The van der Waals surface area contributed by atoms with Crippen molar-refractivity contribution in [3.63, 3.8) is 0 Å². The van der Waals surface area contributed by atoms with Gasteiger partial charge in [-0.25, -0.2) is 13.2 Å². The molecule has 105 valence electrons. The third kappa shape index (κ3) is 3.09. The molecule has 1 aromatic rings. The van der Waals surface area contributed by atoms with Crippen molar-refractivity contribution >= 4 is 0 Å². The van der Waals surface area contributed by atoms with Crippen LogP contribution in [0.5, 0.6) is 0 Å². The molecule has 0 aliphatic carbocycles. The third-order valence-corrected chi connectivity index (χ3v) is 3.31. The van der Waals surface area contributed by atoms with Gasteiger partial charge in [-0.15, -0.1) is 0 Å². The van der Waals surface area contributed by atoms with Gasteiger partial charge < -0.3 is 10.0 Å². The van der Waals surface area contributed by atoms with Gasteiger partial charge in [0.15, 0.2) is 11.6 Å². The van der Waals surface area contributed by atoms with E-state index >= 15 is 0 Å². The Morgan fingerprint density at radius 2 is 1.95 bits per heavy atom. The van der Waals surface area contributed by atoms with E-state index < -0.39 is 23.6 Å². The summed E-state index contributed by atoms with van der Waals surface area (Å²) in [5, 5.41) is 10.0. The van der Waals surface area contributed by atoms with Crippen LogP contribution in [0.1, 0.15) is 25.5 Å². The molecule has 5 heteroatoms. The predicted molar refractivity (Wildman–Crippen MR) is 65.8 cm³/mol. The molecule has 1 saturated heterocycles. The Balaban J connectivity index is 2.04.